The number of ether oxygens (including phenoxy) is 2. The number of carbonyl (C=O) groups excluding carboxylic acids is 1. The van der Waals surface area contributed by atoms with E-state index in [9.17, 15) is 9.59 Å². The topological polar surface area (TPSA) is 108 Å². The van der Waals surface area contributed by atoms with E-state index in [1.54, 1.807) is 18.2 Å². The van der Waals surface area contributed by atoms with Crippen molar-refractivity contribution in [3.63, 3.8) is 0 Å². The van der Waals surface area contributed by atoms with E-state index >= 15 is 0 Å². The summed E-state index contributed by atoms with van der Waals surface area (Å²) in [6.45, 7) is 0.126. The molecule has 0 radical (unpaired) electrons. The first-order valence-electron chi connectivity index (χ1n) is 9.53. The molecule has 0 spiro atoms. The van der Waals surface area contributed by atoms with Gasteiger partial charge in [-0.15, -0.1) is 0 Å². The van der Waals surface area contributed by atoms with Gasteiger partial charge in [0.2, 0.25) is 5.91 Å². The van der Waals surface area contributed by atoms with E-state index in [1.807, 2.05) is 30.3 Å². The van der Waals surface area contributed by atoms with Crippen LogP contribution in [0.4, 0.5) is 5.69 Å². The first-order valence-corrected chi connectivity index (χ1v) is 9.53. The Morgan fingerprint density at radius 3 is 2.68 bits per heavy atom. The lowest BCUT2D eigenvalue weighted by molar-refractivity contribution is -0.116. The number of amides is 1. The van der Waals surface area contributed by atoms with E-state index in [2.05, 4.69) is 15.5 Å². The molecule has 0 unspecified atom stereocenters. The van der Waals surface area contributed by atoms with Crippen molar-refractivity contribution < 1.29 is 18.8 Å². The standard InChI is InChI=1S/C22H20N4O5/c1-29-15-8-9-17(30-2)16(12-15)24-18(27)10-11-26-13-23-20-19(14-6-4-3-5-7-14)25-31-21(20)22(26)28/h3-9,12-13H,10-11H2,1-2H3,(H,24,27). The number of rotatable bonds is 7. The van der Waals surface area contributed by atoms with Gasteiger partial charge in [-0.2, -0.15) is 0 Å². The Morgan fingerprint density at radius 1 is 1.13 bits per heavy atom. The second-order valence-corrected chi connectivity index (χ2v) is 6.68. The van der Waals surface area contributed by atoms with Gasteiger partial charge in [-0.1, -0.05) is 35.5 Å². The Labute approximate surface area is 177 Å². The lowest BCUT2D eigenvalue weighted by Gasteiger charge is -2.12. The Bertz CT molecular complexity index is 1280. The minimum absolute atomic E-state index is 0.0487. The molecule has 0 saturated carbocycles. The second kappa shape index (κ2) is 8.70. The van der Waals surface area contributed by atoms with Crippen molar-refractivity contribution in [3.8, 4) is 22.8 Å². The molecule has 1 N–H and O–H groups in total. The van der Waals surface area contributed by atoms with Crippen LogP contribution in [0.25, 0.3) is 22.4 Å². The van der Waals surface area contributed by atoms with Crippen molar-refractivity contribution in [2.24, 2.45) is 0 Å². The van der Waals surface area contributed by atoms with Crippen molar-refractivity contribution in [2.75, 3.05) is 19.5 Å². The van der Waals surface area contributed by atoms with Gasteiger partial charge in [-0.05, 0) is 12.1 Å². The summed E-state index contributed by atoms with van der Waals surface area (Å²) >= 11 is 0. The van der Waals surface area contributed by atoms with Crippen molar-refractivity contribution in [3.05, 3.63) is 65.2 Å². The zero-order chi connectivity index (χ0) is 21.8. The van der Waals surface area contributed by atoms with E-state index in [0.717, 1.165) is 5.56 Å². The molecule has 4 aromatic rings. The fourth-order valence-electron chi connectivity index (χ4n) is 3.15. The number of hydrogen-bond acceptors (Lipinski definition) is 7. The fraction of sp³-hybridized carbons (Fsp3) is 0.182. The monoisotopic (exact) mass is 420 g/mol. The van der Waals surface area contributed by atoms with Gasteiger partial charge >= 0.3 is 0 Å². The molecule has 0 aliphatic carbocycles. The summed E-state index contributed by atoms with van der Waals surface area (Å²) in [6.07, 6.45) is 1.45. The van der Waals surface area contributed by atoms with Crippen molar-refractivity contribution in [2.45, 2.75) is 13.0 Å². The molecule has 2 aromatic heterocycles. The molecule has 0 atom stereocenters. The Morgan fingerprint density at radius 2 is 1.94 bits per heavy atom. The van der Waals surface area contributed by atoms with E-state index < -0.39 is 5.56 Å². The average Bonchev–Trinajstić information content (AvgIpc) is 3.24. The van der Waals surface area contributed by atoms with Gasteiger partial charge in [0.1, 0.15) is 22.7 Å². The van der Waals surface area contributed by atoms with Crippen LogP contribution in [0.15, 0.2) is 64.2 Å². The molecular formula is C22H20N4O5. The first kappa shape index (κ1) is 20.1. The quantitative estimate of drug-likeness (QED) is 0.489. The molecule has 4 rings (SSSR count). The summed E-state index contributed by atoms with van der Waals surface area (Å²) in [6, 6.07) is 14.4. The summed E-state index contributed by atoms with van der Waals surface area (Å²) < 4.78 is 17.0. The molecule has 0 aliphatic rings. The van der Waals surface area contributed by atoms with Gasteiger partial charge < -0.3 is 19.3 Å². The molecule has 0 saturated heterocycles. The number of benzene rings is 2. The van der Waals surface area contributed by atoms with Crippen LogP contribution >= 0.6 is 0 Å². The highest BCUT2D eigenvalue weighted by molar-refractivity contribution is 5.92. The Balaban J connectivity index is 1.50. The lowest BCUT2D eigenvalue weighted by atomic mass is 10.1. The van der Waals surface area contributed by atoms with Crippen LogP contribution in [0.2, 0.25) is 0 Å². The zero-order valence-corrected chi connectivity index (χ0v) is 17.0. The first-order chi connectivity index (χ1) is 15.1. The van der Waals surface area contributed by atoms with Crippen LogP contribution in [0.1, 0.15) is 6.42 Å². The summed E-state index contributed by atoms with van der Waals surface area (Å²) in [5.74, 6) is 0.798. The van der Waals surface area contributed by atoms with Gasteiger partial charge in [0, 0.05) is 24.6 Å². The molecule has 1 amide bonds. The molecule has 0 bridgehead atoms. The third-order valence-electron chi connectivity index (χ3n) is 4.76. The number of fused-ring (bicyclic) bond motifs is 1. The Hall–Kier alpha value is -4.14. The number of anilines is 1. The maximum Gasteiger partial charge on any atom is 0.299 e. The lowest BCUT2D eigenvalue weighted by Crippen LogP contribution is -2.23. The molecule has 9 nitrogen and oxygen atoms in total. The van der Waals surface area contributed by atoms with Crippen LogP contribution < -0.4 is 20.3 Å². The number of hydrogen-bond donors (Lipinski definition) is 1. The average molecular weight is 420 g/mol. The number of aromatic nitrogens is 3. The number of carbonyl (C=O) groups is 1. The fourth-order valence-corrected chi connectivity index (χ4v) is 3.15. The maximum absolute atomic E-state index is 12.7. The SMILES string of the molecule is COc1ccc(OC)c(NC(=O)CCn2cnc3c(-c4ccccc4)noc3c2=O)c1. The van der Waals surface area contributed by atoms with E-state index in [-0.39, 0.29) is 24.5 Å². The summed E-state index contributed by atoms with van der Waals surface area (Å²) in [7, 11) is 3.05. The van der Waals surface area contributed by atoms with E-state index in [4.69, 9.17) is 14.0 Å². The third-order valence-corrected chi connectivity index (χ3v) is 4.76. The molecule has 31 heavy (non-hydrogen) atoms. The minimum Gasteiger partial charge on any atom is -0.497 e. The molecule has 0 fully saturated rings. The third kappa shape index (κ3) is 4.11. The number of methoxy groups -OCH3 is 2. The summed E-state index contributed by atoms with van der Waals surface area (Å²) in [5.41, 5.74) is 1.83. The molecule has 2 heterocycles. The molecule has 158 valence electrons. The van der Waals surface area contributed by atoms with Crippen molar-refractivity contribution >= 4 is 22.7 Å². The van der Waals surface area contributed by atoms with E-state index in [0.29, 0.717) is 28.4 Å². The smallest absolute Gasteiger partial charge is 0.299 e. The zero-order valence-electron chi connectivity index (χ0n) is 17.0. The summed E-state index contributed by atoms with van der Waals surface area (Å²) in [4.78, 5) is 29.5. The maximum atomic E-state index is 12.7. The van der Waals surface area contributed by atoms with Gasteiger partial charge in [0.25, 0.3) is 11.1 Å². The normalized spacial score (nSPS) is 10.8. The summed E-state index contributed by atoms with van der Waals surface area (Å²) in [5, 5.41) is 6.77. The second-order valence-electron chi connectivity index (χ2n) is 6.68. The van der Waals surface area contributed by atoms with Crippen molar-refractivity contribution in [1.29, 1.82) is 0 Å². The van der Waals surface area contributed by atoms with Gasteiger partial charge in [-0.3, -0.25) is 14.2 Å². The van der Waals surface area contributed by atoms with Crippen LogP contribution in [0.5, 0.6) is 11.5 Å². The van der Waals surface area contributed by atoms with Gasteiger partial charge in [-0.25, -0.2) is 4.98 Å². The minimum atomic E-state index is -0.397. The van der Waals surface area contributed by atoms with Crippen LogP contribution in [-0.4, -0.2) is 34.8 Å². The number of nitrogens with zero attached hydrogens (tertiary/aromatic N) is 3. The largest absolute Gasteiger partial charge is 0.497 e. The molecular weight excluding hydrogens is 400 g/mol. The van der Waals surface area contributed by atoms with Gasteiger partial charge in [0.15, 0.2) is 0 Å². The van der Waals surface area contributed by atoms with Gasteiger partial charge in [0.05, 0.1) is 26.2 Å². The predicted octanol–water partition coefficient (Wildman–Crippen LogP) is 3.10. The highest BCUT2D eigenvalue weighted by atomic mass is 16.5. The van der Waals surface area contributed by atoms with Crippen LogP contribution in [0.3, 0.4) is 0 Å². The molecule has 0 aliphatic heterocycles. The highest BCUT2D eigenvalue weighted by Crippen LogP contribution is 2.29. The van der Waals surface area contributed by atoms with Crippen LogP contribution in [-0.2, 0) is 11.3 Å². The van der Waals surface area contributed by atoms with Crippen LogP contribution in [0, 0.1) is 0 Å². The molecule has 2 aromatic carbocycles. The highest BCUT2D eigenvalue weighted by Gasteiger charge is 2.17. The molecule has 9 heteroatoms. The Kier molecular flexibility index (Phi) is 5.65. The predicted molar refractivity (Wildman–Crippen MR) is 114 cm³/mol. The van der Waals surface area contributed by atoms with E-state index in [1.165, 1.54) is 25.1 Å². The number of aryl methyl sites for hydroxylation is 1. The van der Waals surface area contributed by atoms with Crippen molar-refractivity contribution in [1.82, 2.24) is 14.7 Å². The number of nitrogens with one attached hydrogen (secondary N) is 1.